The Kier molecular flexibility index (Phi) is 4.21. The fraction of sp³-hybridized carbons (Fsp3) is 0.455. The Balaban J connectivity index is 1.26. The van der Waals surface area contributed by atoms with Crippen molar-refractivity contribution in [3.05, 3.63) is 52.0 Å². The molecular weight excluding hydrogens is 414 g/mol. The molecule has 3 aromatic rings. The molecule has 1 aromatic carbocycles. The van der Waals surface area contributed by atoms with Crippen LogP contribution in [0, 0.1) is 22.5 Å². The SMILES string of the molecule is O=C(Nc1nnc(C23CC4CC(CC(C4)C2)C3)s1)c1c[nH]c(=S)n1-c1ccccc1. The Morgan fingerprint density at radius 3 is 2.43 bits per heavy atom. The van der Waals surface area contributed by atoms with Crippen LogP contribution in [0.25, 0.3) is 5.69 Å². The number of carbonyl (C=O) groups excluding carboxylic acids is 1. The molecule has 6 nitrogen and oxygen atoms in total. The average Bonchev–Trinajstić information content (AvgIpc) is 3.35. The summed E-state index contributed by atoms with van der Waals surface area (Å²) in [6.45, 7) is 0. The lowest BCUT2D eigenvalue weighted by atomic mass is 9.50. The number of amides is 1. The number of hydrogen-bond donors (Lipinski definition) is 2. The van der Waals surface area contributed by atoms with Crippen LogP contribution in [-0.2, 0) is 5.41 Å². The van der Waals surface area contributed by atoms with Gasteiger partial charge in [0.15, 0.2) is 4.77 Å². The maximum Gasteiger partial charge on any atom is 0.276 e. The van der Waals surface area contributed by atoms with Gasteiger partial charge in [-0.2, -0.15) is 0 Å². The van der Waals surface area contributed by atoms with Crippen molar-refractivity contribution in [3.63, 3.8) is 0 Å². The summed E-state index contributed by atoms with van der Waals surface area (Å²) >= 11 is 6.95. The lowest BCUT2D eigenvalue weighted by Gasteiger charge is -2.55. The highest BCUT2D eigenvalue weighted by atomic mass is 32.1. The maximum absolute atomic E-state index is 13.0. The van der Waals surface area contributed by atoms with Gasteiger partial charge in [-0.25, -0.2) is 0 Å². The molecule has 4 aliphatic carbocycles. The number of nitrogens with zero attached hydrogens (tertiary/aromatic N) is 3. The third-order valence-electron chi connectivity index (χ3n) is 7.16. The summed E-state index contributed by atoms with van der Waals surface area (Å²) in [6.07, 6.45) is 9.58. The van der Waals surface area contributed by atoms with Crippen LogP contribution in [0.5, 0.6) is 0 Å². The largest absolute Gasteiger partial charge is 0.336 e. The van der Waals surface area contributed by atoms with Crippen molar-refractivity contribution in [1.29, 1.82) is 0 Å². The van der Waals surface area contributed by atoms with E-state index in [0.717, 1.165) is 28.4 Å². The van der Waals surface area contributed by atoms with Crippen molar-refractivity contribution in [1.82, 2.24) is 19.7 Å². The number of H-pyrrole nitrogens is 1. The van der Waals surface area contributed by atoms with Gasteiger partial charge in [0.25, 0.3) is 5.91 Å². The number of benzene rings is 1. The molecule has 0 unspecified atom stereocenters. The highest BCUT2D eigenvalue weighted by molar-refractivity contribution is 7.71. The average molecular weight is 438 g/mol. The number of rotatable bonds is 4. The highest BCUT2D eigenvalue weighted by Gasteiger charge is 2.53. The van der Waals surface area contributed by atoms with E-state index in [-0.39, 0.29) is 11.3 Å². The molecule has 4 aliphatic rings. The van der Waals surface area contributed by atoms with Gasteiger partial charge in [0.2, 0.25) is 5.13 Å². The van der Waals surface area contributed by atoms with Crippen molar-refractivity contribution in [2.24, 2.45) is 17.8 Å². The monoisotopic (exact) mass is 437 g/mol. The lowest BCUT2D eigenvalue weighted by Crippen LogP contribution is -2.48. The van der Waals surface area contributed by atoms with Gasteiger partial charge in [-0.3, -0.25) is 14.7 Å². The smallest absolute Gasteiger partial charge is 0.276 e. The van der Waals surface area contributed by atoms with E-state index in [1.807, 2.05) is 30.3 Å². The second kappa shape index (κ2) is 6.85. The van der Waals surface area contributed by atoms with Crippen LogP contribution in [-0.4, -0.2) is 25.7 Å². The van der Waals surface area contributed by atoms with Gasteiger partial charge < -0.3 is 4.98 Å². The number of imidazole rings is 1. The molecule has 4 fully saturated rings. The summed E-state index contributed by atoms with van der Waals surface area (Å²) in [5.74, 6) is 2.33. The highest BCUT2D eigenvalue weighted by Crippen LogP contribution is 2.61. The second-order valence-corrected chi connectivity index (χ2v) is 10.6. The molecule has 154 valence electrons. The predicted octanol–water partition coefficient (Wildman–Crippen LogP) is 5.11. The first kappa shape index (κ1) is 18.4. The van der Waals surface area contributed by atoms with Gasteiger partial charge in [-0.1, -0.05) is 29.5 Å². The van der Waals surface area contributed by atoms with E-state index in [1.165, 1.54) is 38.5 Å². The number of anilines is 1. The van der Waals surface area contributed by atoms with Crippen LogP contribution < -0.4 is 5.32 Å². The minimum absolute atomic E-state index is 0.196. The van der Waals surface area contributed by atoms with Crippen molar-refractivity contribution in [2.45, 2.75) is 43.9 Å². The van der Waals surface area contributed by atoms with Gasteiger partial charge in [0.05, 0.1) is 0 Å². The first-order valence-corrected chi connectivity index (χ1v) is 11.8. The summed E-state index contributed by atoms with van der Waals surface area (Å²) in [5.41, 5.74) is 1.50. The Hall–Kier alpha value is -2.32. The zero-order chi connectivity index (χ0) is 20.3. The Morgan fingerprint density at radius 2 is 1.77 bits per heavy atom. The summed E-state index contributed by atoms with van der Waals surface area (Å²) in [4.78, 5) is 16.0. The van der Waals surface area contributed by atoms with Crippen molar-refractivity contribution < 1.29 is 4.79 Å². The van der Waals surface area contributed by atoms with Crippen LogP contribution in [0.2, 0.25) is 0 Å². The summed E-state index contributed by atoms with van der Waals surface area (Å²) in [6, 6.07) is 9.64. The fourth-order valence-electron chi connectivity index (χ4n) is 6.39. The predicted molar refractivity (Wildman–Crippen MR) is 119 cm³/mol. The molecule has 0 atom stereocenters. The van der Waals surface area contributed by atoms with E-state index in [1.54, 1.807) is 22.1 Å². The molecule has 30 heavy (non-hydrogen) atoms. The molecule has 4 saturated carbocycles. The molecule has 0 aliphatic heterocycles. The molecule has 2 aromatic heterocycles. The molecule has 1 amide bonds. The van der Waals surface area contributed by atoms with Crippen LogP contribution in [0.3, 0.4) is 0 Å². The maximum atomic E-state index is 13.0. The van der Waals surface area contributed by atoms with Crippen molar-refractivity contribution in [3.8, 4) is 5.69 Å². The molecule has 7 rings (SSSR count). The molecule has 2 N–H and O–H groups in total. The van der Waals surface area contributed by atoms with Crippen molar-refractivity contribution in [2.75, 3.05) is 5.32 Å². The molecule has 0 radical (unpaired) electrons. The third kappa shape index (κ3) is 2.96. The van der Waals surface area contributed by atoms with Crippen molar-refractivity contribution >= 4 is 34.6 Å². The van der Waals surface area contributed by atoms with Gasteiger partial charge in [0, 0.05) is 17.3 Å². The quantitative estimate of drug-likeness (QED) is 0.557. The Labute approximate surface area is 183 Å². The van der Waals surface area contributed by atoms with Gasteiger partial charge in [-0.05, 0) is 80.6 Å². The zero-order valence-electron chi connectivity index (χ0n) is 16.5. The van der Waals surface area contributed by atoms with Gasteiger partial charge in [-0.15, -0.1) is 10.2 Å². The molecule has 4 bridgehead atoms. The van der Waals surface area contributed by atoms with Gasteiger partial charge >= 0.3 is 0 Å². The van der Waals surface area contributed by atoms with E-state index in [2.05, 4.69) is 20.5 Å². The number of carbonyl (C=O) groups is 1. The fourth-order valence-corrected chi connectivity index (χ4v) is 7.61. The standard InChI is InChI=1S/C22H23N5OS2/c28-18(17-12-23-21(29)27(17)16-4-2-1-3-5-16)24-20-26-25-19(30-20)22-9-13-6-14(10-22)8-15(7-13)11-22/h1-5,12-15H,6-11H2,(H,23,29)(H,24,26,28). The lowest BCUT2D eigenvalue weighted by molar-refractivity contribution is -0.00555. The molecule has 0 spiro atoms. The summed E-state index contributed by atoms with van der Waals surface area (Å²) < 4.78 is 2.23. The molecule has 2 heterocycles. The van der Waals surface area contributed by atoms with Crippen LogP contribution in [0.4, 0.5) is 5.13 Å². The summed E-state index contributed by atoms with van der Waals surface area (Å²) in [7, 11) is 0. The van der Waals surface area contributed by atoms with Gasteiger partial charge in [0.1, 0.15) is 10.7 Å². The normalized spacial score (nSPS) is 29.3. The number of hydrogen-bond acceptors (Lipinski definition) is 5. The van der Waals surface area contributed by atoms with E-state index in [9.17, 15) is 4.79 Å². The van der Waals surface area contributed by atoms with E-state index < -0.39 is 0 Å². The van der Waals surface area contributed by atoms with Crippen LogP contribution in [0.1, 0.15) is 54.0 Å². The molecule has 0 saturated heterocycles. The first-order chi connectivity index (χ1) is 14.6. The number of aromatic nitrogens is 4. The Bertz CT molecular complexity index is 1130. The minimum atomic E-state index is -0.237. The van der Waals surface area contributed by atoms with E-state index >= 15 is 0 Å². The van der Waals surface area contributed by atoms with Crippen LogP contribution in [0.15, 0.2) is 36.5 Å². The number of para-hydroxylation sites is 1. The molecular formula is C22H23N5OS2. The summed E-state index contributed by atoms with van der Waals surface area (Å²) in [5, 5.41) is 13.5. The third-order valence-corrected chi connectivity index (χ3v) is 8.55. The zero-order valence-corrected chi connectivity index (χ0v) is 18.1. The Morgan fingerprint density at radius 1 is 1.10 bits per heavy atom. The topological polar surface area (TPSA) is 75.6 Å². The minimum Gasteiger partial charge on any atom is -0.336 e. The van der Waals surface area contributed by atoms with Crippen LogP contribution >= 0.6 is 23.6 Å². The first-order valence-electron chi connectivity index (χ1n) is 10.6. The number of nitrogens with one attached hydrogen (secondary N) is 2. The van der Waals surface area contributed by atoms with E-state index in [4.69, 9.17) is 12.2 Å². The van der Waals surface area contributed by atoms with E-state index in [0.29, 0.717) is 15.6 Å². The number of aromatic amines is 1. The molecule has 8 heteroatoms. The second-order valence-electron chi connectivity index (χ2n) is 9.21.